The molecule has 0 spiro atoms. The fraction of sp³-hybridized carbons (Fsp3) is 0.444. The van der Waals surface area contributed by atoms with Crippen LogP contribution < -0.4 is 16.0 Å². The van der Waals surface area contributed by atoms with E-state index in [4.69, 9.17) is 14.2 Å². The summed E-state index contributed by atoms with van der Waals surface area (Å²) in [6.45, 7) is 10.5. The van der Waals surface area contributed by atoms with Crippen molar-refractivity contribution in [2.75, 3.05) is 36.9 Å². The third-order valence-electron chi connectivity index (χ3n) is 4.81. The molecule has 9 heteroatoms. The first-order valence-electron chi connectivity index (χ1n) is 12.2. The number of amides is 1. The van der Waals surface area contributed by atoms with E-state index in [9.17, 15) is 14.4 Å². The molecule has 3 N–H and O–H groups in total. The first-order chi connectivity index (χ1) is 17.1. The summed E-state index contributed by atoms with van der Waals surface area (Å²) in [5.41, 5.74) is 1.95. The summed E-state index contributed by atoms with van der Waals surface area (Å²) in [6, 6.07) is 12.9. The predicted octanol–water partition coefficient (Wildman–Crippen LogP) is 4.98. The molecule has 196 valence electrons. The molecule has 0 saturated heterocycles. The van der Waals surface area contributed by atoms with Gasteiger partial charge in [-0.05, 0) is 58.7 Å². The largest absolute Gasteiger partial charge is 0.462 e. The highest BCUT2D eigenvalue weighted by molar-refractivity contribution is 6.03. The zero-order valence-electron chi connectivity index (χ0n) is 21.7. The molecule has 0 fully saturated rings. The van der Waals surface area contributed by atoms with E-state index >= 15 is 0 Å². The van der Waals surface area contributed by atoms with Crippen LogP contribution in [-0.4, -0.2) is 49.9 Å². The Morgan fingerprint density at radius 3 is 1.89 bits per heavy atom. The van der Waals surface area contributed by atoms with Gasteiger partial charge in [-0.15, -0.1) is 0 Å². The number of esters is 2. The van der Waals surface area contributed by atoms with Crippen molar-refractivity contribution in [3.8, 4) is 0 Å². The van der Waals surface area contributed by atoms with Crippen molar-refractivity contribution in [2.45, 2.75) is 53.2 Å². The highest BCUT2D eigenvalue weighted by atomic mass is 16.6. The maximum atomic E-state index is 12.7. The van der Waals surface area contributed by atoms with E-state index in [1.165, 1.54) is 0 Å². The number of hydrogen-bond donors (Lipinski definition) is 3. The van der Waals surface area contributed by atoms with Crippen LogP contribution in [0, 0.1) is 0 Å². The van der Waals surface area contributed by atoms with Gasteiger partial charge >= 0.3 is 18.0 Å². The van der Waals surface area contributed by atoms with Gasteiger partial charge in [0.15, 0.2) is 0 Å². The average Bonchev–Trinajstić information content (AvgIpc) is 2.82. The second kappa shape index (κ2) is 14.0. The summed E-state index contributed by atoms with van der Waals surface area (Å²) in [6.07, 6.45) is 0.0673. The minimum Gasteiger partial charge on any atom is -0.462 e. The Hall–Kier alpha value is -3.75. The average molecular weight is 500 g/mol. The van der Waals surface area contributed by atoms with Crippen molar-refractivity contribution >= 4 is 29.4 Å². The molecule has 0 unspecified atom stereocenters. The van der Waals surface area contributed by atoms with Crippen molar-refractivity contribution in [1.82, 2.24) is 5.32 Å². The number of carbonyl (C=O) groups excluding carboxylic acids is 3. The van der Waals surface area contributed by atoms with Crippen molar-refractivity contribution in [1.29, 1.82) is 0 Å². The molecule has 2 aromatic rings. The smallest absolute Gasteiger partial charge is 0.407 e. The predicted molar refractivity (Wildman–Crippen MR) is 139 cm³/mol. The molecule has 2 rings (SSSR count). The molecule has 0 heterocycles. The van der Waals surface area contributed by atoms with Crippen LogP contribution in [0.4, 0.5) is 16.2 Å². The van der Waals surface area contributed by atoms with Crippen LogP contribution in [0.1, 0.15) is 67.3 Å². The SMILES string of the molecule is CCOC(=O)c1cc(NCc2ccccc2)c(C(=O)OCC)cc1NCCCNC(=O)OC(C)(C)C. The molecule has 0 saturated carbocycles. The molecule has 0 atom stereocenters. The second-order valence-electron chi connectivity index (χ2n) is 8.93. The van der Waals surface area contributed by atoms with E-state index in [1.807, 2.05) is 30.3 Å². The lowest BCUT2D eigenvalue weighted by molar-refractivity contribution is 0.0513. The van der Waals surface area contributed by atoms with E-state index in [2.05, 4.69) is 16.0 Å². The molecule has 0 aliphatic carbocycles. The van der Waals surface area contributed by atoms with Crippen LogP contribution in [0.2, 0.25) is 0 Å². The van der Waals surface area contributed by atoms with Gasteiger partial charge in [0.25, 0.3) is 0 Å². The first kappa shape index (κ1) is 28.5. The maximum Gasteiger partial charge on any atom is 0.407 e. The number of carbonyl (C=O) groups is 3. The van der Waals surface area contributed by atoms with E-state index in [1.54, 1.807) is 46.8 Å². The van der Waals surface area contributed by atoms with Crippen LogP contribution in [0.25, 0.3) is 0 Å². The fourth-order valence-electron chi connectivity index (χ4n) is 3.26. The minimum absolute atomic E-state index is 0.213. The Labute approximate surface area is 212 Å². The summed E-state index contributed by atoms with van der Waals surface area (Å²) in [5, 5.41) is 9.12. The number of anilines is 2. The van der Waals surface area contributed by atoms with Gasteiger partial charge in [-0.3, -0.25) is 0 Å². The van der Waals surface area contributed by atoms with Crippen LogP contribution in [0.3, 0.4) is 0 Å². The molecule has 0 aliphatic heterocycles. The van der Waals surface area contributed by atoms with Gasteiger partial charge in [0, 0.05) is 31.0 Å². The summed E-state index contributed by atoms with van der Waals surface area (Å²) in [5.74, 6) is -1.01. The fourth-order valence-corrected chi connectivity index (χ4v) is 3.26. The lowest BCUT2D eigenvalue weighted by atomic mass is 10.0. The van der Waals surface area contributed by atoms with E-state index in [0.717, 1.165) is 5.56 Å². The van der Waals surface area contributed by atoms with Gasteiger partial charge in [0.05, 0.1) is 24.3 Å². The third-order valence-corrected chi connectivity index (χ3v) is 4.81. The molecule has 1 amide bonds. The third kappa shape index (κ3) is 9.48. The highest BCUT2D eigenvalue weighted by Gasteiger charge is 2.21. The van der Waals surface area contributed by atoms with Gasteiger partial charge in [-0.2, -0.15) is 0 Å². The lowest BCUT2D eigenvalue weighted by Gasteiger charge is -2.20. The lowest BCUT2D eigenvalue weighted by Crippen LogP contribution is -2.33. The first-order valence-corrected chi connectivity index (χ1v) is 12.2. The molecule has 0 radical (unpaired) electrons. The summed E-state index contributed by atoms with van der Waals surface area (Å²) in [4.78, 5) is 37.3. The molecule has 9 nitrogen and oxygen atoms in total. The number of benzene rings is 2. The molecule has 0 bridgehead atoms. The second-order valence-corrected chi connectivity index (χ2v) is 8.93. The molecular weight excluding hydrogens is 462 g/mol. The Morgan fingerprint density at radius 1 is 0.806 bits per heavy atom. The number of nitrogens with one attached hydrogen (secondary N) is 3. The van der Waals surface area contributed by atoms with Crippen molar-refractivity contribution < 1.29 is 28.6 Å². The van der Waals surface area contributed by atoms with Crippen molar-refractivity contribution in [3.05, 3.63) is 59.2 Å². The Balaban J connectivity index is 2.20. The Morgan fingerprint density at radius 2 is 1.36 bits per heavy atom. The van der Waals surface area contributed by atoms with Gasteiger partial charge in [-0.1, -0.05) is 30.3 Å². The Bertz CT molecular complexity index is 1020. The molecule has 2 aromatic carbocycles. The number of alkyl carbamates (subject to hydrolysis) is 1. The molecule has 0 aliphatic rings. The zero-order chi connectivity index (χ0) is 26.6. The quantitative estimate of drug-likeness (QED) is 0.213. The van der Waals surface area contributed by atoms with E-state index in [-0.39, 0.29) is 13.2 Å². The molecule has 0 aromatic heterocycles. The van der Waals surface area contributed by atoms with Gasteiger partial charge < -0.3 is 30.2 Å². The summed E-state index contributed by atoms with van der Waals surface area (Å²) >= 11 is 0. The highest BCUT2D eigenvalue weighted by Crippen LogP contribution is 2.28. The molecule has 36 heavy (non-hydrogen) atoms. The van der Waals surface area contributed by atoms with Gasteiger partial charge in [-0.25, -0.2) is 14.4 Å². The van der Waals surface area contributed by atoms with Crippen molar-refractivity contribution in [3.63, 3.8) is 0 Å². The van der Waals surface area contributed by atoms with E-state index < -0.39 is 23.6 Å². The van der Waals surface area contributed by atoms with Gasteiger partial charge in [0.2, 0.25) is 0 Å². The molecular formula is C27H37N3O6. The minimum atomic E-state index is -0.573. The normalized spacial score (nSPS) is 10.8. The number of rotatable bonds is 12. The standard InChI is InChI=1S/C27H37N3O6/c1-6-34-24(31)20-17-23(30-18-19-12-9-8-10-13-19)21(25(32)35-7-2)16-22(20)28-14-11-15-29-26(33)36-27(3,4)5/h8-10,12-13,16-17,28,30H,6-7,11,14-15,18H2,1-5H3,(H,29,33). The maximum absolute atomic E-state index is 12.7. The topological polar surface area (TPSA) is 115 Å². The number of ether oxygens (including phenoxy) is 3. The zero-order valence-corrected chi connectivity index (χ0v) is 21.7. The monoisotopic (exact) mass is 499 g/mol. The van der Waals surface area contributed by atoms with E-state index in [0.29, 0.717) is 48.6 Å². The van der Waals surface area contributed by atoms with Gasteiger partial charge in [0.1, 0.15) is 5.60 Å². The van der Waals surface area contributed by atoms with Crippen LogP contribution in [0.15, 0.2) is 42.5 Å². The number of hydrogen-bond acceptors (Lipinski definition) is 8. The Kier molecular flexibility index (Phi) is 11.1. The van der Waals surface area contributed by atoms with Crippen LogP contribution in [0.5, 0.6) is 0 Å². The van der Waals surface area contributed by atoms with Crippen LogP contribution >= 0.6 is 0 Å². The van der Waals surface area contributed by atoms with Crippen molar-refractivity contribution in [2.24, 2.45) is 0 Å². The summed E-state index contributed by atoms with van der Waals surface area (Å²) in [7, 11) is 0. The van der Waals surface area contributed by atoms with Crippen LogP contribution in [-0.2, 0) is 20.8 Å². The summed E-state index contributed by atoms with van der Waals surface area (Å²) < 4.78 is 15.7.